The van der Waals surface area contributed by atoms with E-state index >= 15 is 0 Å². The van der Waals surface area contributed by atoms with Crippen LogP contribution in [-0.2, 0) is 26.4 Å². The summed E-state index contributed by atoms with van der Waals surface area (Å²) in [6.45, 7) is 1.27. The van der Waals surface area contributed by atoms with Crippen LogP contribution < -0.4 is 5.32 Å². The maximum atomic E-state index is 13.1. The molecule has 1 amide bonds. The van der Waals surface area contributed by atoms with Crippen molar-refractivity contribution in [2.75, 3.05) is 7.11 Å². The molecule has 0 spiro atoms. The number of benzene rings is 1. The van der Waals surface area contributed by atoms with E-state index in [1.807, 2.05) is 0 Å². The first-order valence-electron chi connectivity index (χ1n) is 7.64. The number of H-pyrrole nitrogens is 1. The Hall–Kier alpha value is -2.91. The van der Waals surface area contributed by atoms with Crippen molar-refractivity contribution in [3.05, 3.63) is 35.5 Å². The molecule has 0 bridgehead atoms. The number of halogens is 3. The van der Waals surface area contributed by atoms with Crippen molar-refractivity contribution < 1.29 is 27.5 Å². The maximum Gasteiger partial charge on any atom is 0.442 e. The number of hydrogen-bond donors (Lipinski definition) is 2. The SMILES string of the molecule is COC(=O)[C@@H](Cc1c[nH]c2cc(C3(C(F)(F)F)N=N3)ccc12)NC(C)=O. The number of amides is 1. The van der Waals surface area contributed by atoms with Gasteiger partial charge in [-0.1, -0.05) is 12.1 Å². The molecule has 138 valence electrons. The lowest BCUT2D eigenvalue weighted by Gasteiger charge is -2.16. The maximum absolute atomic E-state index is 13.1. The van der Waals surface area contributed by atoms with Gasteiger partial charge in [0, 0.05) is 36.0 Å². The molecule has 1 aliphatic rings. The molecule has 0 radical (unpaired) electrons. The lowest BCUT2D eigenvalue weighted by molar-refractivity contribution is -0.166. The Morgan fingerprint density at radius 1 is 1.35 bits per heavy atom. The highest BCUT2D eigenvalue weighted by molar-refractivity contribution is 5.87. The molecule has 0 saturated heterocycles. The minimum Gasteiger partial charge on any atom is -0.467 e. The summed E-state index contributed by atoms with van der Waals surface area (Å²) in [7, 11) is 1.21. The predicted molar refractivity (Wildman–Crippen MR) is 84.2 cm³/mol. The molecule has 2 heterocycles. The smallest absolute Gasteiger partial charge is 0.442 e. The number of alkyl halides is 3. The predicted octanol–water partition coefficient (Wildman–Crippen LogP) is 2.57. The number of methoxy groups -OCH3 is 1. The van der Waals surface area contributed by atoms with Crippen molar-refractivity contribution in [3.63, 3.8) is 0 Å². The number of nitrogens with one attached hydrogen (secondary N) is 2. The van der Waals surface area contributed by atoms with Gasteiger partial charge in [-0.15, -0.1) is 10.2 Å². The molecule has 2 N–H and O–H groups in total. The van der Waals surface area contributed by atoms with Crippen LogP contribution in [0.1, 0.15) is 18.1 Å². The Morgan fingerprint density at radius 3 is 2.58 bits per heavy atom. The van der Waals surface area contributed by atoms with Crippen molar-refractivity contribution in [3.8, 4) is 0 Å². The Kier molecular flexibility index (Phi) is 4.21. The molecule has 1 atom stereocenters. The van der Waals surface area contributed by atoms with Crippen LogP contribution in [0.15, 0.2) is 34.6 Å². The number of esters is 1. The van der Waals surface area contributed by atoms with Gasteiger partial charge in [0.2, 0.25) is 5.91 Å². The Balaban J connectivity index is 1.90. The molecule has 2 aromatic rings. The van der Waals surface area contributed by atoms with Crippen LogP contribution in [0.2, 0.25) is 0 Å². The normalized spacial score (nSPS) is 16.3. The lowest BCUT2D eigenvalue weighted by atomic mass is 9.99. The number of aromatic amines is 1. The van der Waals surface area contributed by atoms with Gasteiger partial charge in [0.1, 0.15) is 6.04 Å². The molecule has 0 unspecified atom stereocenters. The summed E-state index contributed by atoms with van der Waals surface area (Å²) in [6, 6.07) is 3.25. The average molecular weight is 368 g/mol. The second-order valence-corrected chi connectivity index (χ2v) is 5.92. The molecule has 0 saturated carbocycles. The molecule has 10 heteroatoms. The Bertz CT molecular complexity index is 898. The fraction of sp³-hybridized carbons (Fsp3) is 0.375. The zero-order chi connectivity index (χ0) is 19.1. The average Bonchev–Trinajstić information content (AvgIpc) is 3.31. The second-order valence-electron chi connectivity index (χ2n) is 5.92. The highest BCUT2D eigenvalue weighted by atomic mass is 19.4. The molecule has 1 aromatic carbocycles. The summed E-state index contributed by atoms with van der Waals surface area (Å²) in [6.07, 6.45) is -2.89. The fourth-order valence-corrected chi connectivity index (χ4v) is 2.82. The first-order valence-corrected chi connectivity index (χ1v) is 7.64. The van der Waals surface area contributed by atoms with Gasteiger partial charge >= 0.3 is 17.8 Å². The van der Waals surface area contributed by atoms with E-state index in [1.165, 1.54) is 32.2 Å². The van der Waals surface area contributed by atoms with Gasteiger partial charge in [-0.2, -0.15) is 13.2 Å². The standard InChI is InChI=1S/C16H15F3N4O3/c1-8(24)21-13(14(25)26-2)5-9-7-20-12-6-10(3-4-11(9)12)15(22-23-15)16(17,18)19/h3-4,6-7,13,20H,5H2,1-2H3,(H,21,24)/t13-/m1/s1. The third-order valence-corrected chi connectivity index (χ3v) is 4.15. The molecule has 26 heavy (non-hydrogen) atoms. The van der Waals surface area contributed by atoms with Crippen LogP contribution in [0.3, 0.4) is 0 Å². The zero-order valence-electron chi connectivity index (χ0n) is 13.8. The minimum atomic E-state index is -4.60. The van der Waals surface area contributed by atoms with Crippen LogP contribution in [-0.4, -0.2) is 36.2 Å². The van der Waals surface area contributed by atoms with Crippen molar-refractivity contribution in [2.45, 2.75) is 31.2 Å². The van der Waals surface area contributed by atoms with E-state index in [1.54, 1.807) is 6.20 Å². The summed E-state index contributed by atoms with van der Waals surface area (Å²) >= 11 is 0. The van der Waals surface area contributed by atoms with Crippen molar-refractivity contribution in [1.29, 1.82) is 0 Å². The van der Waals surface area contributed by atoms with Gasteiger partial charge in [0.15, 0.2) is 0 Å². The van der Waals surface area contributed by atoms with E-state index in [0.29, 0.717) is 16.5 Å². The topological polar surface area (TPSA) is 95.9 Å². The third kappa shape index (κ3) is 3.02. The van der Waals surface area contributed by atoms with E-state index in [9.17, 15) is 22.8 Å². The second kappa shape index (κ2) is 6.11. The summed E-state index contributed by atoms with van der Waals surface area (Å²) < 4.78 is 44.0. The Morgan fingerprint density at radius 2 is 2.04 bits per heavy atom. The molecule has 1 aliphatic heterocycles. The molecule has 1 aromatic heterocycles. The summed E-state index contributed by atoms with van der Waals surface area (Å²) in [4.78, 5) is 26.0. The highest BCUT2D eigenvalue weighted by Gasteiger charge is 2.65. The number of fused-ring (bicyclic) bond motifs is 1. The summed E-state index contributed by atoms with van der Waals surface area (Å²) in [5.74, 6) is -1.01. The van der Waals surface area contributed by atoms with Gasteiger partial charge in [-0.3, -0.25) is 4.79 Å². The third-order valence-electron chi connectivity index (χ3n) is 4.15. The van der Waals surface area contributed by atoms with E-state index in [0.717, 1.165) is 0 Å². The minimum absolute atomic E-state index is 0.0859. The van der Waals surface area contributed by atoms with Crippen molar-refractivity contribution in [1.82, 2.24) is 10.3 Å². The van der Waals surface area contributed by atoms with E-state index in [2.05, 4.69) is 25.3 Å². The number of nitrogens with zero attached hydrogens (tertiary/aromatic N) is 2. The van der Waals surface area contributed by atoms with Gasteiger partial charge in [0.25, 0.3) is 0 Å². The van der Waals surface area contributed by atoms with E-state index in [4.69, 9.17) is 0 Å². The Labute approximate surface area is 145 Å². The zero-order valence-corrected chi connectivity index (χ0v) is 13.8. The summed E-state index contributed by atoms with van der Waals surface area (Å²) in [5, 5.41) is 9.49. The van der Waals surface area contributed by atoms with Gasteiger partial charge in [-0.05, 0) is 11.6 Å². The molecule has 7 nitrogen and oxygen atoms in total. The molecule has 0 fully saturated rings. The summed E-state index contributed by atoms with van der Waals surface area (Å²) in [5.41, 5.74) is -1.47. The largest absolute Gasteiger partial charge is 0.467 e. The molecular weight excluding hydrogens is 353 g/mol. The monoisotopic (exact) mass is 368 g/mol. The quantitative estimate of drug-likeness (QED) is 0.794. The van der Waals surface area contributed by atoms with Crippen LogP contribution in [0.25, 0.3) is 10.9 Å². The van der Waals surface area contributed by atoms with Crippen LogP contribution >= 0.6 is 0 Å². The number of aromatic nitrogens is 1. The number of carbonyl (C=O) groups is 2. The first-order chi connectivity index (χ1) is 12.2. The van der Waals surface area contributed by atoms with Crippen molar-refractivity contribution in [2.24, 2.45) is 10.2 Å². The fourth-order valence-electron chi connectivity index (χ4n) is 2.82. The van der Waals surface area contributed by atoms with Gasteiger partial charge in [-0.25, -0.2) is 4.79 Å². The van der Waals surface area contributed by atoms with E-state index < -0.39 is 29.8 Å². The number of hydrogen-bond acceptors (Lipinski definition) is 5. The molecule has 3 rings (SSSR count). The van der Waals surface area contributed by atoms with Gasteiger partial charge < -0.3 is 15.0 Å². The van der Waals surface area contributed by atoms with E-state index in [-0.39, 0.29) is 12.0 Å². The highest BCUT2D eigenvalue weighted by Crippen LogP contribution is 2.52. The molecule has 0 aliphatic carbocycles. The van der Waals surface area contributed by atoms with Crippen LogP contribution in [0.4, 0.5) is 13.2 Å². The van der Waals surface area contributed by atoms with Gasteiger partial charge in [0.05, 0.1) is 7.11 Å². The lowest BCUT2D eigenvalue weighted by Crippen LogP contribution is -2.41. The first kappa shape index (κ1) is 17.9. The number of carbonyl (C=O) groups excluding carboxylic acids is 2. The van der Waals surface area contributed by atoms with Crippen LogP contribution in [0, 0.1) is 0 Å². The number of rotatable bonds is 5. The van der Waals surface area contributed by atoms with Crippen molar-refractivity contribution >= 4 is 22.8 Å². The molecular formula is C16H15F3N4O3. The number of ether oxygens (including phenoxy) is 1. The van der Waals surface area contributed by atoms with Crippen LogP contribution in [0.5, 0.6) is 0 Å².